The molecule has 1 atom stereocenters. The van der Waals surface area contributed by atoms with Gasteiger partial charge in [-0.05, 0) is 34.1 Å². The van der Waals surface area contributed by atoms with Gasteiger partial charge in [-0.1, -0.05) is 6.92 Å². The Labute approximate surface area is 74.5 Å². The third kappa shape index (κ3) is 6.01. The van der Waals surface area contributed by atoms with Gasteiger partial charge in [0.05, 0.1) is 0 Å². The molecular weight excluding hydrogens is 154 g/mol. The zero-order chi connectivity index (χ0) is 9.78. The Morgan fingerprint density at radius 1 is 1.58 bits per heavy atom. The van der Waals surface area contributed by atoms with E-state index in [4.69, 9.17) is 4.74 Å². The highest BCUT2D eigenvalue weighted by atomic mass is 16.6. The number of ether oxygens (including phenoxy) is 1. The zero-order valence-electron chi connectivity index (χ0n) is 8.31. The van der Waals surface area contributed by atoms with Crippen LogP contribution in [-0.2, 0) is 4.74 Å². The summed E-state index contributed by atoms with van der Waals surface area (Å²) in [6, 6.07) is 0.0693. The van der Waals surface area contributed by atoms with E-state index in [1.54, 1.807) is 0 Å². The van der Waals surface area contributed by atoms with Crippen molar-refractivity contribution >= 4 is 6.09 Å². The zero-order valence-corrected chi connectivity index (χ0v) is 8.31. The maximum absolute atomic E-state index is 11.1. The highest BCUT2D eigenvalue weighted by Gasteiger charge is 2.16. The summed E-state index contributed by atoms with van der Waals surface area (Å²) in [5, 5.41) is 2.66. The largest absolute Gasteiger partial charge is 0.444 e. The van der Waals surface area contributed by atoms with E-state index in [1.165, 1.54) is 0 Å². The van der Waals surface area contributed by atoms with E-state index in [2.05, 4.69) is 12.2 Å². The van der Waals surface area contributed by atoms with Crippen LogP contribution in [0.3, 0.4) is 0 Å². The van der Waals surface area contributed by atoms with Crippen LogP contribution in [0.4, 0.5) is 4.79 Å². The summed E-state index contributed by atoms with van der Waals surface area (Å²) in [5.41, 5.74) is -0.426. The van der Waals surface area contributed by atoms with Crippen molar-refractivity contribution in [1.29, 1.82) is 0 Å². The monoisotopic (exact) mass is 172 g/mol. The molecule has 3 nitrogen and oxygen atoms in total. The van der Waals surface area contributed by atoms with Gasteiger partial charge in [0.25, 0.3) is 0 Å². The number of carbonyl (C=O) groups excluding carboxylic acids is 1. The second-order valence-corrected chi connectivity index (χ2v) is 3.84. The van der Waals surface area contributed by atoms with Crippen molar-refractivity contribution in [3.05, 3.63) is 6.92 Å². The molecule has 0 aliphatic carbocycles. The van der Waals surface area contributed by atoms with Crippen LogP contribution in [-0.4, -0.2) is 17.7 Å². The van der Waals surface area contributed by atoms with Crippen molar-refractivity contribution in [1.82, 2.24) is 5.32 Å². The predicted molar refractivity (Wildman–Crippen MR) is 48.8 cm³/mol. The average Bonchev–Trinajstić information content (AvgIpc) is 1.82. The maximum atomic E-state index is 11.1. The third-order valence-electron chi connectivity index (χ3n) is 1.20. The van der Waals surface area contributed by atoms with E-state index in [-0.39, 0.29) is 12.1 Å². The van der Waals surface area contributed by atoms with Gasteiger partial charge in [0.15, 0.2) is 0 Å². The van der Waals surface area contributed by atoms with E-state index in [0.717, 1.165) is 0 Å². The molecule has 3 heteroatoms. The Morgan fingerprint density at radius 2 is 2.08 bits per heavy atom. The number of alkyl carbamates (subject to hydrolysis) is 1. The van der Waals surface area contributed by atoms with Crippen molar-refractivity contribution < 1.29 is 9.53 Å². The first-order valence-electron chi connectivity index (χ1n) is 4.14. The van der Waals surface area contributed by atoms with Crippen LogP contribution < -0.4 is 5.32 Å². The fourth-order valence-electron chi connectivity index (χ4n) is 0.581. The molecule has 1 N–H and O–H groups in total. The second-order valence-electron chi connectivity index (χ2n) is 3.84. The van der Waals surface area contributed by atoms with Gasteiger partial charge >= 0.3 is 6.09 Å². The van der Waals surface area contributed by atoms with Crippen LogP contribution in [0.15, 0.2) is 0 Å². The van der Waals surface area contributed by atoms with Gasteiger partial charge in [0.1, 0.15) is 5.60 Å². The lowest BCUT2D eigenvalue weighted by molar-refractivity contribution is 0.0509. The van der Waals surface area contributed by atoms with Gasteiger partial charge < -0.3 is 10.1 Å². The van der Waals surface area contributed by atoms with Gasteiger partial charge in [0.2, 0.25) is 0 Å². The number of hydrogen-bond acceptors (Lipinski definition) is 2. The lowest BCUT2D eigenvalue weighted by atomic mass is 10.2. The van der Waals surface area contributed by atoms with Gasteiger partial charge in [-0.25, -0.2) is 4.79 Å². The molecular formula is C9H18NO2. The quantitative estimate of drug-likeness (QED) is 0.693. The first kappa shape index (κ1) is 11.3. The molecule has 1 amide bonds. The Balaban J connectivity index is 3.75. The molecule has 71 valence electrons. The summed E-state index contributed by atoms with van der Waals surface area (Å²) in [7, 11) is 0. The standard InChI is InChI=1S/C9H18NO2/c1-6-7(2)10-8(11)12-9(3,4)5/h7H,1,6H2,2-5H3,(H,10,11)/t7-/m0/s1. The summed E-state index contributed by atoms with van der Waals surface area (Å²) in [6.07, 6.45) is 0.290. The summed E-state index contributed by atoms with van der Waals surface area (Å²) >= 11 is 0. The summed E-state index contributed by atoms with van der Waals surface area (Å²) in [4.78, 5) is 11.1. The number of nitrogens with one attached hydrogen (secondary N) is 1. The average molecular weight is 172 g/mol. The van der Waals surface area contributed by atoms with E-state index >= 15 is 0 Å². The summed E-state index contributed by atoms with van der Waals surface area (Å²) in [5.74, 6) is 0. The van der Waals surface area contributed by atoms with Crippen molar-refractivity contribution in [2.24, 2.45) is 0 Å². The van der Waals surface area contributed by atoms with Crippen LogP contribution in [0.5, 0.6) is 0 Å². The lowest BCUT2D eigenvalue weighted by Gasteiger charge is -2.21. The van der Waals surface area contributed by atoms with Crippen LogP contribution in [0.25, 0.3) is 0 Å². The Bertz CT molecular complexity index is 149. The molecule has 0 aromatic rings. The summed E-state index contributed by atoms with van der Waals surface area (Å²) < 4.78 is 5.03. The molecule has 0 spiro atoms. The number of rotatable bonds is 2. The minimum atomic E-state index is -0.426. The van der Waals surface area contributed by atoms with Crippen molar-refractivity contribution in [2.75, 3.05) is 0 Å². The number of amides is 1. The molecule has 0 aliphatic heterocycles. The minimum Gasteiger partial charge on any atom is -0.444 e. The SMILES string of the molecule is [CH2]C[C@H](C)NC(=O)OC(C)(C)C. The van der Waals surface area contributed by atoms with Crippen LogP contribution >= 0.6 is 0 Å². The van der Waals surface area contributed by atoms with E-state index in [1.807, 2.05) is 27.7 Å². The Kier molecular flexibility index (Phi) is 4.07. The normalized spacial score (nSPS) is 13.8. The van der Waals surface area contributed by atoms with Gasteiger partial charge in [0, 0.05) is 6.04 Å². The molecule has 0 aromatic heterocycles. The Morgan fingerprint density at radius 3 is 2.42 bits per heavy atom. The van der Waals surface area contributed by atoms with E-state index in [9.17, 15) is 4.79 Å². The van der Waals surface area contributed by atoms with Gasteiger partial charge in [-0.15, -0.1) is 0 Å². The topological polar surface area (TPSA) is 38.3 Å². The van der Waals surface area contributed by atoms with Crippen molar-refractivity contribution in [3.8, 4) is 0 Å². The minimum absolute atomic E-state index is 0.0693. The van der Waals surface area contributed by atoms with E-state index < -0.39 is 5.60 Å². The molecule has 0 fully saturated rings. The maximum Gasteiger partial charge on any atom is 0.407 e. The predicted octanol–water partition coefficient (Wildman–Crippen LogP) is 2.12. The fraction of sp³-hybridized carbons (Fsp3) is 0.778. The van der Waals surface area contributed by atoms with Crippen LogP contribution in [0, 0.1) is 6.92 Å². The van der Waals surface area contributed by atoms with Crippen LogP contribution in [0.2, 0.25) is 0 Å². The smallest absolute Gasteiger partial charge is 0.407 e. The fourth-order valence-corrected chi connectivity index (χ4v) is 0.581. The molecule has 0 aromatic carbocycles. The number of hydrogen-bond donors (Lipinski definition) is 1. The van der Waals surface area contributed by atoms with E-state index in [0.29, 0.717) is 6.42 Å². The molecule has 12 heavy (non-hydrogen) atoms. The Hall–Kier alpha value is -0.730. The molecule has 1 radical (unpaired) electrons. The number of carbonyl (C=O) groups is 1. The highest BCUT2D eigenvalue weighted by molar-refractivity contribution is 5.67. The first-order valence-corrected chi connectivity index (χ1v) is 4.14. The van der Waals surface area contributed by atoms with Crippen molar-refractivity contribution in [2.45, 2.75) is 45.8 Å². The van der Waals surface area contributed by atoms with Crippen LogP contribution in [0.1, 0.15) is 34.1 Å². The molecule has 0 heterocycles. The molecule has 0 unspecified atom stereocenters. The first-order chi connectivity index (χ1) is 5.35. The second kappa shape index (κ2) is 4.33. The van der Waals surface area contributed by atoms with Crippen molar-refractivity contribution in [3.63, 3.8) is 0 Å². The molecule has 0 saturated heterocycles. The molecule has 0 saturated carbocycles. The molecule has 0 bridgehead atoms. The summed E-state index contributed by atoms with van der Waals surface area (Å²) in [6.45, 7) is 11.1. The molecule has 0 rings (SSSR count). The highest BCUT2D eigenvalue weighted by Crippen LogP contribution is 2.06. The van der Waals surface area contributed by atoms with Gasteiger partial charge in [-0.3, -0.25) is 0 Å². The third-order valence-corrected chi connectivity index (χ3v) is 1.20. The molecule has 0 aliphatic rings. The van der Waals surface area contributed by atoms with Gasteiger partial charge in [-0.2, -0.15) is 0 Å². The lowest BCUT2D eigenvalue weighted by Crippen LogP contribution is -2.37.